The highest BCUT2D eigenvalue weighted by molar-refractivity contribution is 7.64. The molecule has 11 unspecified atom stereocenters. The SMILES string of the molecule is NC(=O)c1ccc[n+](C2CC(CP(=O)(O)OP(=O)(O)OCC3OC(n4cnc5c(N)ncnc54)C4OP(=O)(O)OC34)C(O)C2O)c1. The summed E-state index contributed by atoms with van der Waals surface area (Å²) in [7, 11) is -14.9. The zero-order chi connectivity index (χ0) is 33.2. The number of ether oxygens (including phenoxy) is 1. The molecule has 1 aliphatic carbocycles. The second-order valence-electron chi connectivity index (χ2n) is 10.9. The minimum absolute atomic E-state index is 0.0487. The number of carbonyl (C=O) groups is 1. The molecule has 1 amide bonds. The maximum absolute atomic E-state index is 12.9. The third-order valence-corrected chi connectivity index (χ3v) is 12.1. The van der Waals surface area contributed by atoms with Gasteiger partial charge in [0.05, 0.1) is 25.2 Å². The van der Waals surface area contributed by atoms with E-state index in [0.717, 1.165) is 6.33 Å². The molecule has 11 atom stereocenters. The minimum atomic E-state index is -5.32. The number of hydrogen-bond acceptors (Lipinski definition) is 15. The van der Waals surface area contributed by atoms with E-state index in [1.54, 1.807) is 0 Å². The van der Waals surface area contributed by atoms with Crippen molar-refractivity contribution in [3.63, 3.8) is 0 Å². The first-order valence-corrected chi connectivity index (χ1v) is 18.2. The van der Waals surface area contributed by atoms with Crippen LogP contribution < -0.4 is 16.0 Å². The van der Waals surface area contributed by atoms with Gasteiger partial charge < -0.3 is 41.1 Å². The van der Waals surface area contributed by atoms with Crippen molar-refractivity contribution >= 4 is 46.1 Å². The summed E-state index contributed by atoms with van der Waals surface area (Å²) in [6, 6.07) is 2.11. The molecule has 46 heavy (non-hydrogen) atoms. The third-order valence-electron chi connectivity index (χ3n) is 7.82. The van der Waals surface area contributed by atoms with E-state index in [1.165, 1.54) is 40.0 Å². The van der Waals surface area contributed by atoms with Crippen molar-refractivity contribution < 1.29 is 70.6 Å². The number of rotatable bonds is 10. The minimum Gasteiger partial charge on any atom is -0.390 e. The van der Waals surface area contributed by atoms with Crippen LogP contribution in [-0.4, -0.2) is 93.6 Å². The lowest BCUT2D eigenvalue weighted by Crippen LogP contribution is -2.45. The summed E-state index contributed by atoms with van der Waals surface area (Å²) in [6.45, 7) is -0.835. The number of amides is 1. The summed E-state index contributed by atoms with van der Waals surface area (Å²) in [5.41, 5.74) is 11.6. The Hall–Kier alpha value is -2.74. The van der Waals surface area contributed by atoms with E-state index >= 15 is 0 Å². The molecule has 3 aromatic heterocycles. The molecule has 2 aliphatic heterocycles. The summed E-state index contributed by atoms with van der Waals surface area (Å²) >= 11 is 0. The van der Waals surface area contributed by atoms with Crippen molar-refractivity contribution in [3.05, 3.63) is 42.7 Å². The number of pyridine rings is 1. The molecule has 3 aliphatic rings. The standard InChI is InChI=1S/C22H28N7O14P3/c23-19-14-21(26-8-25-19)29(9-27-14)22-18-17(41-46(37,38)42-18)13(40-22)6-39-45(35,36)43-44(33,34)7-11-4-12(16(31)15(11)30)28-3-1-2-10(5-28)20(24)32/h1-3,5,8-9,11-13,15-18,22,30-31H,4,6-7H2,(H6-,23,24,25,26,32,33,34,35,36,37,38)/p+1. The van der Waals surface area contributed by atoms with Crippen molar-refractivity contribution in [1.29, 1.82) is 0 Å². The largest absolute Gasteiger partial charge is 0.479 e. The predicted molar refractivity (Wildman–Crippen MR) is 149 cm³/mol. The number of aliphatic hydroxyl groups excluding tert-OH is 2. The lowest BCUT2D eigenvalue weighted by Gasteiger charge is -2.22. The van der Waals surface area contributed by atoms with Crippen LogP contribution in [0.3, 0.4) is 0 Å². The Balaban J connectivity index is 1.11. The molecule has 0 spiro atoms. The Labute approximate surface area is 258 Å². The molecule has 2 saturated heterocycles. The predicted octanol–water partition coefficient (Wildman–Crippen LogP) is -1.12. The maximum atomic E-state index is 12.9. The lowest BCUT2D eigenvalue weighted by atomic mass is 10.1. The maximum Gasteiger partial charge on any atom is 0.479 e. The average molecular weight is 708 g/mol. The number of aliphatic hydroxyl groups is 2. The van der Waals surface area contributed by atoms with Gasteiger partial charge in [0.2, 0.25) is 0 Å². The zero-order valence-electron chi connectivity index (χ0n) is 23.3. The summed E-state index contributed by atoms with van der Waals surface area (Å²) in [4.78, 5) is 54.3. The van der Waals surface area contributed by atoms with E-state index in [2.05, 4.69) is 19.3 Å². The van der Waals surface area contributed by atoms with E-state index in [1.807, 2.05) is 0 Å². The van der Waals surface area contributed by atoms with E-state index in [4.69, 9.17) is 29.8 Å². The van der Waals surface area contributed by atoms with E-state index in [9.17, 15) is 43.4 Å². The molecular weight excluding hydrogens is 679 g/mol. The number of primary amides is 1. The van der Waals surface area contributed by atoms with Gasteiger partial charge in [-0.2, -0.15) is 4.57 Å². The highest BCUT2D eigenvalue weighted by Crippen LogP contribution is 2.63. The number of phosphoric acid groups is 2. The molecule has 3 aromatic rings. The van der Waals surface area contributed by atoms with Crippen molar-refractivity contribution in [3.8, 4) is 0 Å². The Morgan fingerprint density at radius 3 is 2.65 bits per heavy atom. The first-order chi connectivity index (χ1) is 21.5. The number of imidazole rings is 1. The van der Waals surface area contributed by atoms with Crippen LogP contribution >= 0.6 is 23.2 Å². The van der Waals surface area contributed by atoms with Gasteiger partial charge in [-0.25, -0.2) is 28.4 Å². The highest BCUT2D eigenvalue weighted by Gasteiger charge is 2.58. The number of hydrogen-bond donors (Lipinski definition) is 7. The molecule has 5 heterocycles. The van der Waals surface area contributed by atoms with Crippen molar-refractivity contribution in [1.82, 2.24) is 19.5 Å². The Morgan fingerprint density at radius 1 is 1.17 bits per heavy atom. The number of nitrogen functional groups attached to an aromatic ring is 1. The fraction of sp³-hybridized carbons (Fsp3) is 0.500. The molecule has 0 bridgehead atoms. The zero-order valence-corrected chi connectivity index (χ0v) is 26.0. The Kier molecular flexibility index (Phi) is 8.69. The second kappa shape index (κ2) is 12.1. The molecule has 24 heteroatoms. The van der Waals surface area contributed by atoms with Gasteiger partial charge in [0.15, 0.2) is 36.1 Å². The van der Waals surface area contributed by atoms with Crippen LogP contribution in [0.5, 0.6) is 0 Å². The van der Waals surface area contributed by atoms with E-state index < -0.39 is 90.6 Å². The molecule has 0 radical (unpaired) electrons. The summed E-state index contributed by atoms with van der Waals surface area (Å²) in [6.07, 6.45) is -3.69. The molecule has 21 nitrogen and oxygen atoms in total. The Bertz CT molecular complexity index is 1810. The molecular formula is C22H29N7O14P3+. The number of aromatic nitrogens is 5. The van der Waals surface area contributed by atoms with Crippen LogP contribution in [-0.2, 0) is 36.3 Å². The first-order valence-electron chi connectivity index (χ1n) is 13.5. The van der Waals surface area contributed by atoms with Crippen LogP contribution in [0.25, 0.3) is 11.2 Å². The topological polar surface area (TPSA) is 315 Å². The van der Waals surface area contributed by atoms with Gasteiger partial charge >= 0.3 is 23.2 Å². The fourth-order valence-electron chi connectivity index (χ4n) is 5.80. The second-order valence-corrected chi connectivity index (χ2v) is 15.7. The van der Waals surface area contributed by atoms with Gasteiger partial charge in [0.25, 0.3) is 5.91 Å². The van der Waals surface area contributed by atoms with Crippen LogP contribution in [0, 0.1) is 5.92 Å². The summed E-state index contributed by atoms with van der Waals surface area (Å²) in [5, 5.41) is 21.2. The Morgan fingerprint density at radius 2 is 1.91 bits per heavy atom. The highest BCUT2D eigenvalue weighted by atomic mass is 31.3. The average Bonchev–Trinajstić information content (AvgIpc) is 3.69. The number of nitrogens with two attached hydrogens (primary N) is 2. The molecule has 6 rings (SSSR count). The number of fused-ring (bicyclic) bond motifs is 2. The van der Waals surface area contributed by atoms with E-state index in [-0.39, 0.29) is 29.0 Å². The summed E-state index contributed by atoms with van der Waals surface area (Å²) < 4.78 is 66.3. The number of carbonyl (C=O) groups excluding carboxylic acids is 1. The van der Waals surface area contributed by atoms with Crippen LogP contribution in [0.1, 0.15) is 29.0 Å². The van der Waals surface area contributed by atoms with E-state index in [0.29, 0.717) is 0 Å². The monoisotopic (exact) mass is 708 g/mol. The molecule has 9 N–H and O–H groups in total. The van der Waals surface area contributed by atoms with Gasteiger partial charge in [0.1, 0.15) is 41.8 Å². The van der Waals surface area contributed by atoms with Crippen LogP contribution in [0.2, 0.25) is 0 Å². The molecule has 0 aromatic carbocycles. The smallest absolute Gasteiger partial charge is 0.390 e. The van der Waals surface area contributed by atoms with Crippen LogP contribution in [0.15, 0.2) is 37.2 Å². The van der Waals surface area contributed by atoms with Gasteiger partial charge in [-0.05, 0) is 6.07 Å². The van der Waals surface area contributed by atoms with Gasteiger partial charge in [0, 0.05) is 18.4 Å². The quantitative estimate of drug-likeness (QED) is 0.0968. The molecule has 1 saturated carbocycles. The number of nitrogens with zero attached hydrogens (tertiary/aromatic N) is 5. The molecule has 250 valence electrons. The van der Waals surface area contributed by atoms with Crippen molar-refractivity contribution in [2.75, 3.05) is 18.5 Å². The number of anilines is 1. The van der Waals surface area contributed by atoms with Gasteiger partial charge in [-0.1, -0.05) is 0 Å². The van der Waals surface area contributed by atoms with Crippen molar-refractivity contribution in [2.45, 2.75) is 49.2 Å². The van der Waals surface area contributed by atoms with Gasteiger partial charge in [-0.15, -0.1) is 0 Å². The third kappa shape index (κ3) is 6.52. The number of phosphoric ester groups is 2. The molecule has 3 fully saturated rings. The summed E-state index contributed by atoms with van der Waals surface area (Å²) in [5.74, 6) is -1.76. The fourth-order valence-corrected chi connectivity index (χ4v) is 9.98. The lowest BCUT2D eigenvalue weighted by molar-refractivity contribution is -0.728. The van der Waals surface area contributed by atoms with Crippen LogP contribution in [0.4, 0.5) is 5.82 Å². The normalized spacial score (nSPS) is 35.2. The van der Waals surface area contributed by atoms with Gasteiger partial charge in [-0.3, -0.25) is 27.5 Å². The first kappa shape index (κ1) is 33.2. The van der Waals surface area contributed by atoms with Crippen molar-refractivity contribution in [2.24, 2.45) is 11.7 Å².